The second-order valence-corrected chi connectivity index (χ2v) is 11.2. The zero-order valence-corrected chi connectivity index (χ0v) is 25.2. The molecule has 0 unspecified atom stereocenters. The number of hydrogen-bond donors (Lipinski definition) is 0. The molecule has 1 spiro atoms. The zero-order valence-electron chi connectivity index (χ0n) is 25.2. The maximum atomic E-state index is 12.3. The Kier molecular flexibility index (Phi) is 11.9. The molecule has 10 nitrogen and oxygen atoms in total. The number of rotatable bonds is 14. The first kappa shape index (κ1) is 31.3. The third kappa shape index (κ3) is 9.44. The molecule has 4 rings (SSSR count). The predicted octanol–water partition coefficient (Wildman–Crippen LogP) is 2.73. The molecule has 1 aromatic carbocycles. The number of amides is 1. The summed E-state index contributed by atoms with van der Waals surface area (Å²) in [5, 5.41) is 0. The quantitative estimate of drug-likeness (QED) is 0.252. The van der Waals surface area contributed by atoms with E-state index in [1.165, 1.54) is 11.1 Å². The van der Waals surface area contributed by atoms with Crippen molar-refractivity contribution in [2.75, 3.05) is 85.3 Å². The molecule has 10 heteroatoms. The Morgan fingerprint density at radius 1 is 1.10 bits per heavy atom. The van der Waals surface area contributed by atoms with Crippen LogP contribution in [0.3, 0.4) is 0 Å². The summed E-state index contributed by atoms with van der Waals surface area (Å²) in [6, 6.07) is 10.7. The summed E-state index contributed by atoms with van der Waals surface area (Å²) in [4.78, 5) is 27.9. The maximum absolute atomic E-state index is 12.3. The van der Waals surface area contributed by atoms with Gasteiger partial charge in [0.25, 0.3) is 0 Å². The molecule has 226 valence electrons. The number of hydrogen-bond acceptors (Lipinski definition) is 9. The number of piperidine rings is 1. The van der Waals surface area contributed by atoms with Gasteiger partial charge in [-0.05, 0) is 49.8 Å². The molecule has 0 bridgehead atoms. The molecule has 2 aromatic rings. The molecule has 0 radical (unpaired) electrons. The van der Waals surface area contributed by atoms with E-state index in [1.54, 1.807) is 26.2 Å². The number of likely N-dealkylation sites (tertiary alicyclic amines) is 1. The van der Waals surface area contributed by atoms with Crippen molar-refractivity contribution in [2.45, 2.75) is 50.9 Å². The van der Waals surface area contributed by atoms with Gasteiger partial charge in [0.1, 0.15) is 0 Å². The van der Waals surface area contributed by atoms with Gasteiger partial charge in [0, 0.05) is 59.3 Å². The minimum atomic E-state index is -0.416. The number of nitrogens with zero attached hydrogens (tertiary/aromatic N) is 5. The maximum Gasteiger partial charge on any atom is 0.225 e. The van der Waals surface area contributed by atoms with E-state index in [-0.39, 0.29) is 11.5 Å². The minimum absolute atomic E-state index is 0.0161. The Balaban J connectivity index is 1.14. The topological polar surface area (TPSA) is 89.5 Å². The standard InChI is InChI=1S/C31H47N5O5/c1-25-8-14-32-30(33-25)36-18-21-41-31(24-36)12-16-35(17-13-31)15-9-26-6-5-7-27(22-26)10-19-40-20-11-28(37)34(2)23-29(38-3)39-4/h5-8,14,22,29H,9-13,15-21,23-24H2,1-4H3. The van der Waals surface area contributed by atoms with E-state index in [0.29, 0.717) is 26.2 Å². The van der Waals surface area contributed by atoms with Gasteiger partial charge in [-0.15, -0.1) is 0 Å². The van der Waals surface area contributed by atoms with Gasteiger partial charge in [-0.2, -0.15) is 0 Å². The highest BCUT2D eigenvalue weighted by Gasteiger charge is 2.40. The second kappa shape index (κ2) is 15.6. The number of aromatic nitrogens is 2. The van der Waals surface area contributed by atoms with Crippen molar-refractivity contribution in [1.82, 2.24) is 19.8 Å². The van der Waals surface area contributed by atoms with Gasteiger partial charge in [-0.3, -0.25) is 4.79 Å². The van der Waals surface area contributed by atoms with Crippen LogP contribution in [0.4, 0.5) is 5.95 Å². The molecule has 2 aliphatic heterocycles. The Hall–Kier alpha value is -2.63. The first-order valence-corrected chi connectivity index (χ1v) is 14.8. The lowest BCUT2D eigenvalue weighted by Crippen LogP contribution is -2.57. The average Bonchev–Trinajstić information content (AvgIpc) is 2.99. The van der Waals surface area contributed by atoms with Crippen molar-refractivity contribution in [3.05, 3.63) is 53.3 Å². The molecule has 2 fully saturated rings. The van der Waals surface area contributed by atoms with Crippen LogP contribution in [0, 0.1) is 6.92 Å². The van der Waals surface area contributed by atoms with E-state index in [1.807, 2.05) is 19.2 Å². The fourth-order valence-electron chi connectivity index (χ4n) is 5.53. The van der Waals surface area contributed by atoms with Gasteiger partial charge >= 0.3 is 0 Å². The number of ether oxygens (including phenoxy) is 4. The predicted molar refractivity (Wildman–Crippen MR) is 158 cm³/mol. The smallest absolute Gasteiger partial charge is 0.225 e. The molecule has 1 aromatic heterocycles. The van der Waals surface area contributed by atoms with Gasteiger partial charge in [0.2, 0.25) is 11.9 Å². The van der Waals surface area contributed by atoms with Gasteiger partial charge in [-0.1, -0.05) is 24.3 Å². The van der Waals surface area contributed by atoms with Crippen LogP contribution in [0.2, 0.25) is 0 Å². The third-order valence-electron chi connectivity index (χ3n) is 8.16. The van der Waals surface area contributed by atoms with E-state index >= 15 is 0 Å². The molecule has 2 saturated heterocycles. The number of carbonyl (C=O) groups excluding carboxylic acids is 1. The highest BCUT2D eigenvalue weighted by molar-refractivity contribution is 5.75. The second-order valence-electron chi connectivity index (χ2n) is 11.2. The van der Waals surface area contributed by atoms with Crippen molar-refractivity contribution in [3.8, 4) is 0 Å². The molecule has 2 aliphatic rings. The number of methoxy groups -OCH3 is 2. The minimum Gasteiger partial charge on any atom is -0.381 e. The fourth-order valence-corrected chi connectivity index (χ4v) is 5.53. The molecule has 0 aliphatic carbocycles. The van der Waals surface area contributed by atoms with E-state index in [9.17, 15) is 4.79 Å². The zero-order chi connectivity index (χ0) is 29.1. The normalized spacial score (nSPS) is 17.3. The van der Waals surface area contributed by atoms with Crippen molar-refractivity contribution in [3.63, 3.8) is 0 Å². The van der Waals surface area contributed by atoms with E-state index in [0.717, 1.165) is 76.7 Å². The van der Waals surface area contributed by atoms with Crippen molar-refractivity contribution >= 4 is 11.9 Å². The highest BCUT2D eigenvalue weighted by atomic mass is 16.7. The van der Waals surface area contributed by atoms with Crippen LogP contribution in [-0.2, 0) is 36.6 Å². The van der Waals surface area contributed by atoms with Crippen LogP contribution in [0.25, 0.3) is 0 Å². The fraction of sp³-hybridized carbons (Fsp3) is 0.645. The lowest BCUT2D eigenvalue weighted by molar-refractivity contribution is -0.143. The SMILES string of the molecule is COC(CN(C)C(=O)CCOCCc1cccc(CCN2CCC3(CC2)CN(c2nccc(C)n2)CCO3)c1)OC. The molecular weight excluding hydrogens is 522 g/mol. The van der Waals surface area contributed by atoms with Crippen LogP contribution in [0.1, 0.15) is 36.1 Å². The van der Waals surface area contributed by atoms with Gasteiger partial charge < -0.3 is 33.6 Å². The van der Waals surface area contributed by atoms with Gasteiger partial charge in [0.15, 0.2) is 6.29 Å². The Bertz CT molecular complexity index is 1090. The van der Waals surface area contributed by atoms with E-state index in [2.05, 4.69) is 44.0 Å². The third-order valence-corrected chi connectivity index (χ3v) is 8.16. The molecule has 41 heavy (non-hydrogen) atoms. The number of carbonyl (C=O) groups is 1. The summed E-state index contributed by atoms with van der Waals surface area (Å²) in [5.74, 6) is 0.836. The summed E-state index contributed by atoms with van der Waals surface area (Å²) in [6.07, 6.45) is 5.69. The lowest BCUT2D eigenvalue weighted by atomic mass is 9.89. The van der Waals surface area contributed by atoms with Crippen LogP contribution in [-0.4, -0.2) is 118 Å². The molecule has 0 saturated carbocycles. The van der Waals surface area contributed by atoms with Crippen LogP contribution in [0.15, 0.2) is 36.5 Å². The van der Waals surface area contributed by atoms with E-state index < -0.39 is 6.29 Å². The number of aryl methyl sites for hydroxylation is 1. The first-order chi connectivity index (χ1) is 19.9. The summed E-state index contributed by atoms with van der Waals surface area (Å²) >= 11 is 0. The Morgan fingerprint density at radius 3 is 2.59 bits per heavy atom. The average molecular weight is 570 g/mol. The number of anilines is 1. The summed E-state index contributed by atoms with van der Waals surface area (Å²) in [7, 11) is 4.88. The Labute approximate surface area is 244 Å². The summed E-state index contributed by atoms with van der Waals surface area (Å²) in [6.45, 7) is 8.97. The summed E-state index contributed by atoms with van der Waals surface area (Å²) in [5.41, 5.74) is 3.51. The highest BCUT2D eigenvalue weighted by Crippen LogP contribution is 2.31. The molecule has 0 atom stereocenters. The van der Waals surface area contributed by atoms with Crippen LogP contribution < -0.4 is 4.90 Å². The van der Waals surface area contributed by atoms with Crippen molar-refractivity contribution < 1.29 is 23.7 Å². The molecule has 0 N–H and O–H groups in total. The summed E-state index contributed by atoms with van der Waals surface area (Å²) < 4.78 is 22.4. The van der Waals surface area contributed by atoms with Crippen molar-refractivity contribution in [1.29, 1.82) is 0 Å². The molecule has 1 amide bonds. The lowest BCUT2D eigenvalue weighted by Gasteiger charge is -2.47. The first-order valence-electron chi connectivity index (χ1n) is 14.8. The van der Waals surface area contributed by atoms with Crippen molar-refractivity contribution in [2.24, 2.45) is 0 Å². The number of likely N-dealkylation sites (N-methyl/N-ethyl adjacent to an activating group) is 1. The van der Waals surface area contributed by atoms with Crippen LogP contribution in [0.5, 0.6) is 0 Å². The van der Waals surface area contributed by atoms with Crippen LogP contribution >= 0.6 is 0 Å². The van der Waals surface area contributed by atoms with E-state index in [4.69, 9.17) is 18.9 Å². The molecular formula is C31H47N5O5. The van der Waals surface area contributed by atoms with Gasteiger partial charge in [-0.25, -0.2) is 9.97 Å². The van der Waals surface area contributed by atoms with Gasteiger partial charge in [0.05, 0.1) is 44.9 Å². The Morgan fingerprint density at radius 2 is 1.85 bits per heavy atom. The number of morpholine rings is 1. The monoisotopic (exact) mass is 569 g/mol. The largest absolute Gasteiger partial charge is 0.381 e. The number of benzene rings is 1. The molecule has 3 heterocycles.